The predicted octanol–water partition coefficient (Wildman–Crippen LogP) is 7.14. The largest absolute Gasteiger partial charge is 0.508 e. The normalized spacial score (nSPS) is 21.8. The van der Waals surface area contributed by atoms with Gasteiger partial charge in [-0.25, -0.2) is 10.2 Å². The fourth-order valence-electron chi connectivity index (χ4n) is 9.51. The molecule has 2 aromatic heterocycles. The molecule has 6 bridgehead atoms. The van der Waals surface area contributed by atoms with Crippen LogP contribution in [0.5, 0.6) is 5.75 Å². The van der Waals surface area contributed by atoms with Crippen LogP contribution in [-0.2, 0) is 43.2 Å². The first-order chi connectivity index (χ1) is 30.0. The smallest absolute Gasteiger partial charge is 0.408 e. The van der Waals surface area contributed by atoms with Crippen LogP contribution in [0.1, 0.15) is 97.1 Å². The average molecular weight is 864 g/mol. The number of fused-ring (bicyclic) bond motifs is 6. The molecular formula is C49H65N7O7. The maximum atomic E-state index is 14.3. The SMILES string of the molecule is CCn1c(-c2cc(N3CCN(C4CC4)CC3)cnc2[C@H](C)OC)c2c3cc(ccc31)-c1cc(O)cc(c1)C[C@H](NC(=O)OC(C)(C)C)C(=O)N1CCC[C@H](N1)C(=O)OCC(C)(C)C2. The lowest BCUT2D eigenvalue weighted by Crippen LogP contribution is -2.60. The number of aromatic nitrogens is 2. The standard InChI is InChI=1S/C49H65N7O7/c1-9-55-42-15-12-32-25-37(42)39(44(55)38-26-35(28-50-43(38)30(2)61-8)54-19-17-53(18-20-54)34-13-14-34)27-49(6,7)29-62-46(59)40-11-10-16-56(52-40)45(58)41(51-47(60)63-48(3,4)5)23-31-21-33(32)24-36(57)22-31/h12,15,21-22,24-26,28,30,34,40-41,52,57H,9-11,13-14,16-20,23,27,29H2,1-8H3,(H,51,60)/t30-,40-,41-/m0/s1. The summed E-state index contributed by atoms with van der Waals surface area (Å²) in [5.41, 5.74) is 10.2. The van der Waals surface area contributed by atoms with Gasteiger partial charge < -0.3 is 34.1 Å². The number of phenols is 1. The van der Waals surface area contributed by atoms with Crippen LogP contribution in [0.2, 0.25) is 0 Å². The van der Waals surface area contributed by atoms with Crippen LogP contribution in [0.25, 0.3) is 33.3 Å². The second-order valence-electron chi connectivity index (χ2n) is 19.6. The highest BCUT2D eigenvalue weighted by atomic mass is 16.6. The number of aromatic hydroxyl groups is 1. The number of aryl methyl sites for hydroxylation is 1. The number of ether oxygens (including phenoxy) is 3. The van der Waals surface area contributed by atoms with Gasteiger partial charge in [-0.05, 0) is 119 Å². The quantitative estimate of drug-likeness (QED) is 0.163. The molecule has 5 heterocycles. The molecule has 1 saturated carbocycles. The Kier molecular flexibility index (Phi) is 12.5. The summed E-state index contributed by atoms with van der Waals surface area (Å²) in [5.74, 6) is -0.832. The van der Waals surface area contributed by atoms with Crippen molar-refractivity contribution in [1.29, 1.82) is 0 Å². The zero-order chi connectivity index (χ0) is 44.8. The number of hydrogen-bond acceptors (Lipinski definition) is 11. The number of nitrogens with one attached hydrogen (secondary N) is 2. The first-order valence-electron chi connectivity index (χ1n) is 22.7. The van der Waals surface area contributed by atoms with Crippen LogP contribution in [0, 0.1) is 5.41 Å². The maximum absolute atomic E-state index is 14.3. The molecule has 2 amide bonds. The van der Waals surface area contributed by atoms with E-state index in [2.05, 4.69) is 70.1 Å². The van der Waals surface area contributed by atoms with Crippen molar-refractivity contribution in [2.24, 2.45) is 5.41 Å². The van der Waals surface area contributed by atoms with Crippen molar-refractivity contribution in [3.8, 4) is 28.1 Å². The predicted molar refractivity (Wildman–Crippen MR) is 243 cm³/mol. The zero-order valence-corrected chi connectivity index (χ0v) is 38.3. The van der Waals surface area contributed by atoms with E-state index in [0.717, 1.165) is 82.5 Å². The number of amides is 2. The zero-order valence-electron chi connectivity index (χ0n) is 38.3. The third-order valence-electron chi connectivity index (χ3n) is 12.9. The monoisotopic (exact) mass is 863 g/mol. The number of anilines is 1. The Morgan fingerprint density at radius 2 is 1.79 bits per heavy atom. The number of hydrogen-bond donors (Lipinski definition) is 3. The second-order valence-corrected chi connectivity index (χ2v) is 19.6. The minimum Gasteiger partial charge on any atom is -0.508 e. The van der Waals surface area contributed by atoms with Gasteiger partial charge >= 0.3 is 12.1 Å². The van der Waals surface area contributed by atoms with Gasteiger partial charge in [-0.1, -0.05) is 26.0 Å². The van der Waals surface area contributed by atoms with Crippen LogP contribution in [0.4, 0.5) is 10.5 Å². The Morgan fingerprint density at radius 3 is 2.49 bits per heavy atom. The van der Waals surface area contributed by atoms with Gasteiger partial charge in [0.2, 0.25) is 0 Å². The van der Waals surface area contributed by atoms with Gasteiger partial charge in [0.15, 0.2) is 0 Å². The molecule has 1 aliphatic carbocycles. The first kappa shape index (κ1) is 44.4. The molecule has 0 spiro atoms. The van der Waals surface area contributed by atoms with Gasteiger partial charge in [-0.3, -0.25) is 24.5 Å². The Morgan fingerprint density at radius 1 is 1.03 bits per heavy atom. The third-order valence-corrected chi connectivity index (χ3v) is 12.9. The molecule has 14 nitrogen and oxygen atoms in total. The lowest BCUT2D eigenvalue weighted by Gasteiger charge is -2.36. The Bertz CT molecular complexity index is 2360. The van der Waals surface area contributed by atoms with E-state index >= 15 is 0 Å². The molecule has 4 aliphatic rings. The van der Waals surface area contributed by atoms with E-state index in [1.807, 2.05) is 19.2 Å². The molecule has 3 fully saturated rings. The van der Waals surface area contributed by atoms with Crippen LogP contribution in [0.3, 0.4) is 0 Å². The molecule has 2 saturated heterocycles. The Balaban J connectivity index is 1.27. The fourth-order valence-corrected chi connectivity index (χ4v) is 9.51. The molecule has 3 aliphatic heterocycles. The molecule has 3 N–H and O–H groups in total. The van der Waals surface area contributed by atoms with Crippen molar-refractivity contribution in [3.05, 3.63) is 65.5 Å². The van der Waals surface area contributed by atoms with E-state index in [-0.39, 0.29) is 24.9 Å². The summed E-state index contributed by atoms with van der Waals surface area (Å²) < 4.78 is 20.1. The summed E-state index contributed by atoms with van der Waals surface area (Å²) in [6.07, 6.45) is 5.24. The molecule has 63 heavy (non-hydrogen) atoms. The number of phenolic OH excluding ortho intramolecular Hbond substituents is 1. The summed E-state index contributed by atoms with van der Waals surface area (Å²) in [6.45, 7) is 18.8. The Hall–Kier alpha value is -5.18. The summed E-state index contributed by atoms with van der Waals surface area (Å²) in [4.78, 5) is 51.5. The van der Waals surface area contributed by atoms with E-state index in [0.29, 0.717) is 37.9 Å². The summed E-state index contributed by atoms with van der Waals surface area (Å²) >= 11 is 0. The number of methoxy groups -OCH3 is 1. The molecule has 14 heteroatoms. The van der Waals surface area contributed by atoms with Crippen LogP contribution in [-0.4, -0.2) is 113 Å². The van der Waals surface area contributed by atoms with Crippen molar-refractivity contribution in [3.63, 3.8) is 0 Å². The highest BCUT2D eigenvalue weighted by Gasteiger charge is 2.37. The summed E-state index contributed by atoms with van der Waals surface area (Å²) in [6, 6.07) is 12.9. The Labute approximate surface area is 371 Å². The second kappa shape index (κ2) is 17.8. The van der Waals surface area contributed by atoms with E-state index in [1.54, 1.807) is 40.0 Å². The van der Waals surface area contributed by atoms with Crippen molar-refractivity contribution in [2.45, 2.75) is 123 Å². The molecule has 338 valence electrons. The lowest BCUT2D eigenvalue weighted by molar-refractivity contribution is -0.155. The summed E-state index contributed by atoms with van der Waals surface area (Å²) in [5, 5.41) is 16.5. The van der Waals surface area contributed by atoms with E-state index in [4.69, 9.17) is 19.2 Å². The lowest BCUT2D eigenvalue weighted by atomic mass is 9.84. The van der Waals surface area contributed by atoms with Gasteiger partial charge in [0.05, 0.1) is 36.0 Å². The average Bonchev–Trinajstić information content (AvgIpc) is 4.06. The number of carbonyl (C=O) groups excluding carboxylic acids is 3. The van der Waals surface area contributed by atoms with Crippen molar-refractivity contribution < 1.29 is 33.7 Å². The van der Waals surface area contributed by atoms with E-state index in [9.17, 15) is 19.5 Å². The van der Waals surface area contributed by atoms with Gasteiger partial charge in [0.25, 0.3) is 5.91 Å². The fraction of sp³-hybridized carbons (Fsp3) is 0.551. The number of esters is 1. The molecular weight excluding hydrogens is 799 g/mol. The molecule has 8 rings (SSSR count). The van der Waals surface area contributed by atoms with Gasteiger partial charge in [0, 0.05) is 80.7 Å². The third kappa shape index (κ3) is 9.83. The highest BCUT2D eigenvalue weighted by molar-refractivity contribution is 5.96. The first-order valence-corrected chi connectivity index (χ1v) is 22.7. The highest BCUT2D eigenvalue weighted by Crippen LogP contribution is 2.43. The number of alkyl carbamates (subject to hydrolysis) is 1. The number of carbonyl (C=O) groups is 3. The molecule has 0 unspecified atom stereocenters. The minimum absolute atomic E-state index is 0.0339. The number of nitrogens with zero attached hydrogens (tertiary/aromatic N) is 5. The number of rotatable bonds is 7. The number of piperazine rings is 1. The van der Waals surface area contributed by atoms with Crippen molar-refractivity contribution >= 4 is 34.6 Å². The van der Waals surface area contributed by atoms with Crippen molar-refractivity contribution in [1.82, 2.24) is 30.2 Å². The van der Waals surface area contributed by atoms with Gasteiger partial charge in [0.1, 0.15) is 23.4 Å². The van der Waals surface area contributed by atoms with E-state index in [1.165, 1.54) is 17.9 Å². The maximum Gasteiger partial charge on any atom is 0.408 e. The van der Waals surface area contributed by atoms with Crippen LogP contribution >= 0.6 is 0 Å². The van der Waals surface area contributed by atoms with E-state index < -0.39 is 41.1 Å². The van der Waals surface area contributed by atoms with Gasteiger partial charge in [-0.15, -0.1) is 0 Å². The molecule has 0 radical (unpaired) electrons. The number of pyridine rings is 1. The molecule has 4 aromatic rings. The molecule has 3 atom stereocenters. The number of hydrazine groups is 1. The number of benzene rings is 2. The summed E-state index contributed by atoms with van der Waals surface area (Å²) in [7, 11) is 1.72. The number of cyclic esters (lactones) is 1. The van der Waals surface area contributed by atoms with Gasteiger partial charge in [-0.2, -0.15) is 0 Å². The van der Waals surface area contributed by atoms with Crippen molar-refractivity contribution in [2.75, 3.05) is 51.3 Å². The van der Waals surface area contributed by atoms with Crippen LogP contribution in [0.15, 0.2) is 48.7 Å². The minimum atomic E-state index is -1.07. The topological polar surface area (TPSA) is 151 Å². The van der Waals surface area contributed by atoms with Crippen LogP contribution < -0.4 is 15.6 Å². The molecule has 2 aromatic carbocycles.